The minimum absolute atomic E-state index is 0.190. The molecular formula is C14H15FN2. The van der Waals surface area contributed by atoms with Crippen molar-refractivity contribution < 1.29 is 4.39 Å². The molecule has 1 heterocycles. The lowest BCUT2D eigenvalue weighted by molar-refractivity contribution is 0.624. The van der Waals surface area contributed by atoms with Crippen molar-refractivity contribution >= 4 is 5.69 Å². The van der Waals surface area contributed by atoms with Crippen molar-refractivity contribution in [2.75, 3.05) is 5.73 Å². The number of pyridine rings is 1. The van der Waals surface area contributed by atoms with Gasteiger partial charge in [0.05, 0.1) is 0 Å². The monoisotopic (exact) mass is 230 g/mol. The highest BCUT2D eigenvalue weighted by Crippen LogP contribution is 2.16. The predicted molar refractivity (Wildman–Crippen MR) is 67.2 cm³/mol. The molecule has 17 heavy (non-hydrogen) atoms. The Kier molecular flexibility index (Phi) is 3.38. The summed E-state index contributed by atoms with van der Waals surface area (Å²) < 4.78 is 13.1. The zero-order valence-corrected chi connectivity index (χ0v) is 9.78. The van der Waals surface area contributed by atoms with Crippen LogP contribution in [0, 0.1) is 12.7 Å². The summed E-state index contributed by atoms with van der Waals surface area (Å²) in [7, 11) is 0. The fourth-order valence-corrected chi connectivity index (χ4v) is 1.83. The number of rotatable bonds is 3. The predicted octanol–water partition coefficient (Wildman–Crippen LogP) is 2.90. The molecule has 88 valence electrons. The summed E-state index contributed by atoms with van der Waals surface area (Å²) in [4.78, 5) is 4.04. The van der Waals surface area contributed by atoms with Crippen molar-refractivity contribution in [2.24, 2.45) is 0 Å². The summed E-state index contributed by atoms with van der Waals surface area (Å²) in [6.07, 6.45) is 5.00. The summed E-state index contributed by atoms with van der Waals surface area (Å²) in [5, 5.41) is 0. The summed E-state index contributed by atoms with van der Waals surface area (Å²) >= 11 is 0. The molecule has 0 unspecified atom stereocenters. The Hall–Kier alpha value is -1.90. The zero-order valence-electron chi connectivity index (χ0n) is 9.78. The van der Waals surface area contributed by atoms with Crippen LogP contribution in [0.3, 0.4) is 0 Å². The van der Waals surface area contributed by atoms with E-state index >= 15 is 0 Å². The molecule has 0 fully saturated rings. The van der Waals surface area contributed by atoms with Crippen molar-refractivity contribution in [3.63, 3.8) is 0 Å². The van der Waals surface area contributed by atoms with Crippen LogP contribution < -0.4 is 5.73 Å². The Morgan fingerprint density at radius 3 is 2.71 bits per heavy atom. The molecule has 2 aromatic rings. The molecule has 2 nitrogen and oxygen atoms in total. The molecule has 0 radical (unpaired) electrons. The number of anilines is 1. The van der Waals surface area contributed by atoms with Crippen LogP contribution >= 0.6 is 0 Å². The van der Waals surface area contributed by atoms with Gasteiger partial charge >= 0.3 is 0 Å². The van der Waals surface area contributed by atoms with Gasteiger partial charge in [-0.05, 0) is 54.7 Å². The smallest absolute Gasteiger partial charge is 0.123 e. The fraction of sp³-hybridized carbons (Fsp3) is 0.214. The van der Waals surface area contributed by atoms with E-state index in [1.165, 1.54) is 6.07 Å². The zero-order chi connectivity index (χ0) is 12.3. The van der Waals surface area contributed by atoms with Gasteiger partial charge in [0.25, 0.3) is 0 Å². The summed E-state index contributed by atoms with van der Waals surface area (Å²) in [5.41, 5.74) is 9.72. The summed E-state index contributed by atoms with van der Waals surface area (Å²) in [6.45, 7) is 1.99. The van der Waals surface area contributed by atoms with Gasteiger partial charge in [-0.2, -0.15) is 0 Å². The van der Waals surface area contributed by atoms with Gasteiger partial charge in [-0.15, -0.1) is 0 Å². The standard InChI is InChI=1S/C14H15FN2/c1-10-2-5-13(15)8-11(10)3-4-12-9-17-7-6-14(12)16/h2,5-9H,3-4H2,1H3,(H2,16,17). The van der Waals surface area contributed by atoms with Crippen LogP contribution in [0.2, 0.25) is 0 Å². The molecule has 0 aliphatic rings. The molecule has 0 saturated carbocycles. The molecule has 0 spiro atoms. The van der Waals surface area contributed by atoms with Gasteiger partial charge in [-0.25, -0.2) is 4.39 Å². The van der Waals surface area contributed by atoms with Crippen molar-refractivity contribution in [1.29, 1.82) is 0 Å². The molecule has 2 N–H and O–H groups in total. The highest BCUT2D eigenvalue weighted by Gasteiger charge is 2.03. The third-order valence-corrected chi connectivity index (χ3v) is 2.92. The fourth-order valence-electron chi connectivity index (χ4n) is 1.83. The largest absolute Gasteiger partial charge is 0.398 e. The lowest BCUT2D eigenvalue weighted by atomic mass is 10.0. The number of hydrogen-bond donors (Lipinski definition) is 1. The number of aromatic nitrogens is 1. The van der Waals surface area contributed by atoms with Crippen LogP contribution in [0.5, 0.6) is 0 Å². The number of nitrogens with zero attached hydrogens (tertiary/aromatic N) is 1. The first-order valence-electron chi connectivity index (χ1n) is 5.60. The topological polar surface area (TPSA) is 38.9 Å². The Morgan fingerprint density at radius 2 is 1.94 bits per heavy atom. The molecular weight excluding hydrogens is 215 g/mol. The maximum atomic E-state index is 13.1. The maximum absolute atomic E-state index is 13.1. The third-order valence-electron chi connectivity index (χ3n) is 2.92. The van der Waals surface area contributed by atoms with Crippen LogP contribution in [0.25, 0.3) is 0 Å². The van der Waals surface area contributed by atoms with Crippen molar-refractivity contribution in [3.8, 4) is 0 Å². The molecule has 1 aromatic carbocycles. The molecule has 0 amide bonds. The third kappa shape index (κ3) is 2.81. The van der Waals surface area contributed by atoms with E-state index in [4.69, 9.17) is 5.73 Å². The second-order valence-corrected chi connectivity index (χ2v) is 4.15. The summed E-state index contributed by atoms with van der Waals surface area (Å²) in [5.74, 6) is -0.190. The Bertz CT molecular complexity index is 523. The van der Waals surface area contributed by atoms with Crippen molar-refractivity contribution in [2.45, 2.75) is 19.8 Å². The molecule has 3 heteroatoms. The van der Waals surface area contributed by atoms with Crippen LogP contribution in [0.1, 0.15) is 16.7 Å². The van der Waals surface area contributed by atoms with E-state index in [1.807, 2.05) is 6.92 Å². The Balaban J connectivity index is 2.12. The van der Waals surface area contributed by atoms with E-state index in [2.05, 4.69) is 4.98 Å². The molecule has 0 aliphatic carbocycles. The van der Waals surface area contributed by atoms with Gasteiger partial charge in [-0.1, -0.05) is 6.07 Å². The van der Waals surface area contributed by atoms with Crippen LogP contribution in [-0.2, 0) is 12.8 Å². The molecule has 0 saturated heterocycles. The van der Waals surface area contributed by atoms with Crippen molar-refractivity contribution in [1.82, 2.24) is 4.98 Å². The number of nitrogens with two attached hydrogens (primary N) is 1. The Morgan fingerprint density at radius 1 is 1.18 bits per heavy atom. The van der Waals surface area contributed by atoms with Crippen LogP contribution in [0.15, 0.2) is 36.7 Å². The van der Waals surface area contributed by atoms with Gasteiger partial charge in [0.15, 0.2) is 0 Å². The van der Waals surface area contributed by atoms with Gasteiger partial charge < -0.3 is 5.73 Å². The SMILES string of the molecule is Cc1ccc(F)cc1CCc1cnccc1N. The number of hydrogen-bond acceptors (Lipinski definition) is 2. The number of nitrogen functional groups attached to an aromatic ring is 1. The quantitative estimate of drug-likeness (QED) is 0.880. The van der Waals surface area contributed by atoms with E-state index in [1.54, 1.807) is 30.6 Å². The molecule has 1 aromatic heterocycles. The lowest BCUT2D eigenvalue weighted by Gasteiger charge is -2.07. The second kappa shape index (κ2) is 4.95. The normalized spacial score (nSPS) is 10.5. The van der Waals surface area contributed by atoms with Crippen molar-refractivity contribution in [3.05, 3.63) is 59.2 Å². The average Bonchev–Trinajstić information content (AvgIpc) is 2.32. The number of aryl methyl sites for hydroxylation is 3. The second-order valence-electron chi connectivity index (χ2n) is 4.15. The van der Waals surface area contributed by atoms with E-state index in [9.17, 15) is 4.39 Å². The molecule has 0 atom stereocenters. The first kappa shape index (κ1) is 11.6. The van der Waals surface area contributed by atoms with Crippen LogP contribution in [-0.4, -0.2) is 4.98 Å². The summed E-state index contributed by atoms with van der Waals surface area (Å²) in [6, 6.07) is 6.66. The Labute approximate surface area is 100 Å². The van der Waals surface area contributed by atoms with Gasteiger partial charge in [-0.3, -0.25) is 4.98 Å². The van der Waals surface area contributed by atoms with E-state index in [0.29, 0.717) is 0 Å². The molecule has 0 aliphatic heterocycles. The first-order chi connectivity index (χ1) is 8.16. The molecule has 2 rings (SSSR count). The van der Waals surface area contributed by atoms with Crippen LogP contribution in [0.4, 0.5) is 10.1 Å². The molecule has 0 bridgehead atoms. The maximum Gasteiger partial charge on any atom is 0.123 e. The number of halogens is 1. The minimum atomic E-state index is -0.190. The van der Waals surface area contributed by atoms with Gasteiger partial charge in [0, 0.05) is 18.1 Å². The minimum Gasteiger partial charge on any atom is -0.398 e. The van der Waals surface area contributed by atoms with E-state index in [-0.39, 0.29) is 5.82 Å². The lowest BCUT2D eigenvalue weighted by Crippen LogP contribution is -1.99. The number of benzene rings is 1. The van der Waals surface area contributed by atoms with Gasteiger partial charge in [0.2, 0.25) is 0 Å². The van der Waals surface area contributed by atoms with E-state index in [0.717, 1.165) is 35.2 Å². The first-order valence-corrected chi connectivity index (χ1v) is 5.60. The highest BCUT2D eigenvalue weighted by molar-refractivity contribution is 5.44. The highest BCUT2D eigenvalue weighted by atomic mass is 19.1. The average molecular weight is 230 g/mol. The van der Waals surface area contributed by atoms with Gasteiger partial charge in [0.1, 0.15) is 5.82 Å². The van der Waals surface area contributed by atoms with E-state index < -0.39 is 0 Å².